The summed E-state index contributed by atoms with van der Waals surface area (Å²) in [5, 5.41) is 18.3. The molecule has 0 bridgehead atoms. The normalized spacial score (nSPS) is 11.0. The smallest absolute Gasteiger partial charge is 0.417 e. The molecule has 0 aliphatic rings. The third-order valence-electron chi connectivity index (χ3n) is 3.17. The highest BCUT2D eigenvalue weighted by Gasteiger charge is 2.33. The largest absolute Gasteiger partial charge is 0.508 e. The summed E-state index contributed by atoms with van der Waals surface area (Å²) in [7, 11) is 0. The Hall–Kier alpha value is -3.18. The monoisotopic (exact) mass is 327 g/mol. The molecular formula is C19H12F3NO. The summed E-state index contributed by atoms with van der Waals surface area (Å²) in [4.78, 5) is 0. The van der Waals surface area contributed by atoms with Crippen LogP contribution < -0.4 is 0 Å². The first-order valence-corrected chi connectivity index (χ1v) is 6.94. The van der Waals surface area contributed by atoms with Gasteiger partial charge in [0.25, 0.3) is 0 Å². The number of phenolic OH excluding ortho intramolecular Hbond substituents is 1. The van der Waals surface area contributed by atoms with Crippen molar-refractivity contribution in [2.75, 3.05) is 0 Å². The molecule has 0 unspecified atom stereocenters. The molecule has 2 aromatic rings. The number of hydrogen-bond acceptors (Lipinski definition) is 2. The molecule has 1 N–H and O–H groups in total. The first kappa shape index (κ1) is 17.2. The maximum absolute atomic E-state index is 13.0. The van der Waals surface area contributed by atoms with Gasteiger partial charge >= 0.3 is 6.18 Å². The summed E-state index contributed by atoms with van der Waals surface area (Å²) in [6.07, 6.45) is -1.12. The Bertz CT molecular complexity index is 894. The van der Waals surface area contributed by atoms with E-state index in [1.807, 2.05) is 6.07 Å². The molecule has 0 saturated heterocycles. The lowest BCUT2D eigenvalue weighted by Crippen LogP contribution is -2.07. The van der Waals surface area contributed by atoms with Crippen LogP contribution in [0.15, 0.2) is 42.5 Å². The summed E-state index contributed by atoms with van der Waals surface area (Å²) < 4.78 is 39.0. The number of rotatable bonds is 1. The van der Waals surface area contributed by atoms with E-state index in [0.717, 1.165) is 12.1 Å². The van der Waals surface area contributed by atoms with E-state index >= 15 is 0 Å². The van der Waals surface area contributed by atoms with Crippen LogP contribution in [-0.2, 0) is 6.18 Å². The molecule has 0 aliphatic heterocycles. The Labute approximate surface area is 137 Å². The van der Waals surface area contributed by atoms with Gasteiger partial charge in [0.2, 0.25) is 0 Å². The third-order valence-corrected chi connectivity index (χ3v) is 3.17. The molecule has 2 aromatic carbocycles. The van der Waals surface area contributed by atoms with Crippen LogP contribution >= 0.6 is 0 Å². The first-order valence-electron chi connectivity index (χ1n) is 6.94. The van der Waals surface area contributed by atoms with Gasteiger partial charge in [-0.2, -0.15) is 18.4 Å². The topological polar surface area (TPSA) is 44.0 Å². The summed E-state index contributed by atoms with van der Waals surface area (Å²) >= 11 is 0. The fourth-order valence-corrected chi connectivity index (χ4v) is 2.08. The minimum Gasteiger partial charge on any atom is -0.508 e. The lowest BCUT2D eigenvalue weighted by atomic mass is 10.0. The van der Waals surface area contributed by atoms with E-state index in [0.29, 0.717) is 22.8 Å². The number of nitriles is 1. The minimum atomic E-state index is -4.61. The van der Waals surface area contributed by atoms with E-state index in [4.69, 9.17) is 5.26 Å². The molecule has 0 atom stereocenters. The number of aromatic hydroxyl groups is 1. The van der Waals surface area contributed by atoms with Crippen LogP contribution in [0, 0.1) is 23.2 Å². The van der Waals surface area contributed by atoms with Gasteiger partial charge in [-0.25, -0.2) is 0 Å². The summed E-state index contributed by atoms with van der Waals surface area (Å²) in [5.41, 5.74) is 0.380. The molecule has 0 aliphatic carbocycles. The number of allylic oxidation sites excluding steroid dienone is 1. The summed E-state index contributed by atoms with van der Waals surface area (Å²) in [5.74, 6) is 4.68. The lowest BCUT2D eigenvalue weighted by molar-refractivity contribution is -0.137. The standard InChI is InChI=1S/C19H12F3NO/c1-2-3-15-10-13(5-7-16(15)12-23)4-6-14-8-9-17(24)11-18(14)19(20,21)22/h2-3,5,7-11,24H,1H3/b3-2+. The zero-order valence-electron chi connectivity index (χ0n) is 12.6. The molecule has 24 heavy (non-hydrogen) atoms. The number of halogens is 3. The maximum atomic E-state index is 13.0. The van der Waals surface area contributed by atoms with Gasteiger partial charge in [-0.05, 0) is 48.9 Å². The van der Waals surface area contributed by atoms with Crippen molar-refractivity contribution in [3.63, 3.8) is 0 Å². The highest BCUT2D eigenvalue weighted by atomic mass is 19.4. The fraction of sp³-hybridized carbons (Fsp3) is 0.105. The van der Waals surface area contributed by atoms with Crippen LogP contribution in [0.3, 0.4) is 0 Å². The van der Waals surface area contributed by atoms with Crippen molar-refractivity contribution in [2.45, 2.75) is 13.1 Å². The van der Waals surface area contributed by atoms with Crippen LogP contribution in [0.5, 0.6) is 5.75 Å². The molecule has 2 rings (SSSR count). The van der Waals surface area contributed by atoms with E-state index in [1.54, 1.807) is 37.3 Å². The molecule has 0 aromatic heterocycles. The predicted molar refractivity (Wildman–Crippen MR) is 85.0 cm³/mol. The third kappa shape index (κ3) is 3.97. The van der Waals surface area contributed by atoms with Crippen molar-refractivity contribution in [1.29, 1.82) is 5.26 Å². The molecular weight excluding hydrogens is 315 g/mol. The number of nitrogens with zero attached hydrogens (tertiary/aromatic N) is 1. The van der Waals surface area contributed by atoms with Gasteiger partial charge < -0.3 is 5.11 Å². The molecule has 2 nitrogen and oxygen atoms in total. The number of hydrogen-bond donors (Lipinski definition) is 1. The second kappa shape index (κ2) is 6.93. The van der Waals surface area contributed by atoms with Crippen molar-refractivity contribution in [1.82, 2.24) is 0 Å². The second-order valence-electron chi connectivity index (χ2n) is 4.89. The molecule has 0 heterocycles. The zero-order valence-corrected chi connectivity index (χ0v) is 12.6. The molecule has 0 fully saturated rings. The van der Waals surface area contributed by atoms with Gasteiger partial charge in [0.1, 0.15) is 5.75 Å². The number of alkyl halides is 3. The zero-order chi connectivity index (χ0) is 17.7. The quantitative estimate of drug-likeness (QED) is 0.771. The molecule has 0 radical (unpaired) electrons. The average Bonchev–Trinajstić information content (AvgIpc) is 2.53. The van der Waals surface area contributed by atoms with E-state index in [9.17, 15) is 18.3 Å². The highest BCUT2D eigenvalue weighted by Crippen LogP contribution is 2.33. The number of benzene rings is 2. The highest BCUT2D eigenvalue weighted by molar-refractivity contribution is 5.61. The Morgan fingerprint density at radius 2 is 1.75 bits per heavy atom. The molecule has 120 valence electrons. The first-order chi connectivity index (χ1) is 11.3. The second-order valence-corrected chi connectivity index (χ2v) is 4.89. The van der Waals surface area contributed by atoms with E-state index < -0.39 is 17.5 Å². The SMILES string of the molecule is C/C=C/c1cc(C#Cc2ccc(O)cc2C(F)(F)F)ccc1C#N. The average molecular weight is 327 g/mol. The predicted octanol–water partition coefficient (Wildman–Crippen LogP) is 4.72. The van der Waals surface area contributed by atoms with Crippen molar-refractivity contribution < 1.29 is 18.3 Å². The molecule has 5 heteroatoms. The Morgan fingerprint density at radius 1 is 1.04 bits per heavy atom. The Balaban J connectivity index is 2.48. The summed E-state index contributed by atoms with van der Waals surface area (Å²) in [6.45, 7) is 1.80. The van der Waals surface area contributed by atoms with E-state index in [2.05, 4.69) is 11.8 Å². The van der Waals surface area contributed by atoms with Crippen molar-refractivity contribution >= 4 is 6.08 Å². The van der Waals surface area contributed by atoms with E-state index in [1.165, 1.54) is 0 Å². The van der Waals surface area contributed by atoms with Gasteiger partial charge in [0, 0.05) is 11.1 Å². The minimum absolute atomic E-state index is 0.225. The molecule has 0 spiro atoms. The van der Waals surface area contributed by atoms with Crippen molar-refractivity contribution in [3.05, 3.63) is 70.3 Å². The van der Waals surface area contributed by atoms with Crippen LogP contribution in [0.4, 0.5) is 13.2 Å². The van der Waals surface area contributed by atoms with Crippen LogP contribution in [0.1, 0.15) is 34.7 Å². The molecule has 0 saturated carbocycles. The Kier molecular flexibility index (Phi) is 4.96. The fourth-order valence-electron chi connectivity index (χ4n) is 2.08. The van der Waals surface area contributed by atoms with Crippen LogP contribution in [0.25, 0.3) is 6.08 Å². The lowest BCUT2D eigenvalue weighted by Gasteiger charge is -2.09. The van der Waals surface area contributed by atoms with Gasteiger partial charge in [-0.1, -0.05) is 24.0 Å². The van der Waals surface area contributed by atoms with Crippen molar-refractivity contribution in [3.8, 4) is 23.7 Å². The van der Waals surface area contributed by atoms with Crippen LogP contribution in [0.2, 0.25) is 0 Å². The van der Waals surface area contributed by atoms with Crippen LogP contribution in [-0.4, -0.2) is 5.11 Å². The van der Waals surface area contributed by atoms with Gasteiger partial charge in [0.15, 0.2) is 0 Å². The van der Waals surface area contributed by atoms with Crippen molar-refractivity contribution in [2.24, 2.45) is 0 Å². The molecule has 0 amide bonds. The van der Waals surface area contributed by atoms with Gasteiger partial charge in [-0.15, -0.1) is 0 Å². The van der Waals surface area contributed by atoms with Gasteiger partial charge in [0.05, 0.1) is 17.2 Å². The maximum Gasteiger partial charge on any atom is 0.417 e. The van der Waals surface area contributed by atoms with E-state index in [-0.39, 0.29) is 5.56 Å². The Morgan fingerprint density at radius 3 is 2.38 bits per heavy atom. The van der Waals surface area contributed by atoms with Gasteiger partial charge in [-0.3, -0.25) is 0 Å². The summed E-state index contributed by atoms with van der Waals surface area (Å²) in [6, 6.07) is 9.75. The number of phenols is 1.